The van der Waals surface area contributed by atoms with Crippen LogP contribution in [0.25, 0.3) is 0 Å². The third-order valence-corrected chi connectivity index (χ3v) is 4.49. The van der Waals surface area contributed by atoms with Crippen LogP contribution < -0.4 is 10.4 Å². The maximum absolute atomic E-state index is 12.6. The van der Waals surface area contributed by atoms with Crippen LogP contribution in [0.4, 0.5) is 0 Å². The summed E-state index contributed by atoms with van der Waals surface area (Å²) in [5.41, 5.74) is -1.43. The van der Waals surface area contributed by atoms with Crippen molar-refractivity contribution in [2.45, 2.75) is 31.8 Å². The molecule has 0 radical (unpaired) electrons. The number of hydrogen-bond acceptors (Lipinski definition) is 5. The fraction of sp³-hybridized carbons (Fsp3) is 0.538. The topological polar surface area (TPSA) is 86.0 Å². The first-order valence-corrected chi connectivity index (χ1v) is 6.67. The average Bonchev–Trinajstić information content (AvgIpc) is 2.37. The van der Waals surface area contributed by atoms with Gasteiger partial charge in [0.25, 0.3) is 11.3 Å². The Hall–Kier alpha value is -2.18. The fourth-order valence-corrected chi connectivity index (χ4v) is 3.23. The van der Waals surface area contributed by atoms with E-state index >= 15 is 0 Å². The normalized spacial score (nSPS) is 20.0. The second kappa shape index (κ2) is 3.91. The van der Waals surface area contributed by atoms with Crippen molar-refractivity contribution in [3.8, 4) is 11.5 Å². The van der Waals surface area contributed by atoms with Gasteiger partial charge in [0.2, 0.25) is 0 Å². The maximum atomic E-state index is 12.6. The molecule has 7 heteroatoms. The van der Waals surface area contributed by atoms with E-state index in [9.17, 15) is 19.8 Å². The van der Waals surface area contributed by atoms with Crippen LogP contribution in [-0.4, -0.2) is 45.0 Å². The van der Waals surface area contributed by atoms with E-state index in [4.69, 9.17) is 0 Å². The Morgan fingerprint density at radius 1 is 1.30 bits per heavy atom. The summed E-state index contributed by atoms with van der Waals surface area (Å²) in [5, 5.41) is 21.3. The van der Waals surface area contributed by atoms with Crippen LogP contribution in [0.15, 0.2) is 11.0 Å². The lowest BCUT2D eigenvalue weighted by Crippen LogP contribution is -2.72. The monoisotopic (exact) mass is 279 g/mol. The zero-order valence-electron chi connectivity index (χ0n) is 11.5. The van der Waals surface area contributed by atoms with Crippen molar-refractivity contribution in [2.75, 3.05) is 18.6 Å². The number of amides is 1. The van der Waals surface area contributed by atoms with Crippen LogP contribution >= 0.6 is 0 Å². The van der Waals surface area contributed by atoms with E-state index in [0.717, 1.165) is 19.3 Å². The second-order valence-electron chi connectivity index (χ2n) is 5.29. The molecule has 0 aromatic carbocycles. The Labute approximate surface area is 115 Å². The number of pyridine rings is 1. The predicted octanol–water partition coefficient (Wildman–Crippen LogP) is 0.183. The Balaban J connectivity index is 2.28. The standard InChI is InChI=1S/C13H17N3O4/c1-3-15-12(20)9-11(19)10(18)8(17)7-16(9)14(2)13(15)5-4-6-13/h7,17,19H,3-6H2,1-2H3. The first kappa shape index (κ1) is 12.8. The number of rotatable bonds is 1. The molecule has 108 valence electrons. The molecule has 0 unspecified atom stereocenters. The van der Waals surface area contributed by atoms with Gasteiger partial charge in [-0.05, 0) is 26.2 Å². The second-order valence-corrected chi connectivity index (χ2v) is 5.29. The van der Waals surface area contributed by atoms with Crippen molar-refractivity contribution >= 4 is 5.91 Å². The molecular formula is C13H17N3O4. The van der Waals surface area contributed by atoms with Gasteiger partial charge in [-0.3, -0.25) is 19.3 Å². The van der Waals surface area contributed by atoms with Crippen LogP contribution in [0.2, 0.25) is 0 Å². The van der Waals surface area contributed by atoms with E-state index in [2.05, 4.69) is 0 Å². The summed E-state index contributed by atoms with van der Waals surface area (Å²) in [7, 11) is 1.79. The molecule has 7 nitrogen and oxygen atoms in total. The summed E-state index contributed by atoms with van der Waals surface area (Å²) in [6.45, 7) is 2.37. The molecule has 1 fully saturated rings. The molecule has 1 amide bonds. The van der Waals surface area contributed by atoms with Gasteiger partial charge in [-0.1, -0.05) is 0 Å². The molecule has 20 heavy (non-hydrogen) atoms. The van der Waals surface area contributed by atoms with Gasteiger partial charge < -0.3 is 15.1 Å². The quantitative estimate of drug-likeness (QED) is 0.766. The zero-order chi connectivity index (χ0) is 14.7. The summed E-state index contributed by atoms with van der Waals surface area (Å²) < 4.78 is 1.39. The first-order chi connectivity index (χ1) is 9.44. The maximum Gasteiger partial charge on any atom is 0.278 e. The van der Waals surface area contributed by atoms with Crippen molar-refractivity contribution in [3.05, 3.63) is 22.1 Å². The highest BCUT2D eigenvalue weighted by Crippen LogP contribution is 2.43. The molecule has 2 aliphatic rings. The van der Waals surface area contributed by atoms with Crippen molar-refractivity contribution in [2.24, 2.45) is 0 Å². The largest absolute Gasteiger partial charge is 0.503 e. The molecule has 0 bridgehead atoms. The van der Waals surface area contributed by atoms with E-state index < -0.39 is 22.6 Å². The number of carbonyl (C=O) groups is 1. The van der Waals surface area contributed by atoms with Crippen molar-refractivity contribution in [1.29, 1.82) is 0 Å². The zero-order valence-corrected chi connectivity index (χ0v) is 11.5. The summed E-state index contributed by atoms with van der Waals surface area (Å²) in [5.74, 6) is -1.64. The smallest absolute Gasteiger partial charge is 0.278 e. The number of hydrogen-bond donors (Lipinski definition) is 2. The SMILES string of the molecule is CCN1C(=O)c2c(O)c(=O)c(O)cn2N(C)C12CCC2. The number of carbonyl (C=O) groups excluding carboxylic acids is 1. The van der Waals surface area contributed by atoms with Crippen LogP contribution in [-0.2, 0) is 0 Å². The number of aromatic hydroxyl groups is 2. The molecule has 2 heterocycles. The third-order valence-electron chi connectivity index (χ3n) is 4.49. The van der Waals surface area contributed by atoms with Crippen molar-refractivity contribution in [3.63, 3.8) is 0 Å². The molecule has 1 spiro atoms. The highest BCUT2D eigenvalue weighted by atomic mass is 16.3. The molecule has 0 saturated heterocycles. The van der Waals surface area contributed by atoms with Gasteiger partial charge in [0.05, 0.1) is 6.20 Å². The molecule has 1 aromatic rings. The van der Waals surface area contributed by atoms with E-state index in [-0.39, 0.29) is 11.6 Å². The Morgan fingerprint density at radius 3 is 2.45 bits per heavy atom. The van der Waals surface area contributed by atoms with Gasteiger partial charge in [0, 0.05) is 13.6 Å². The van der Waals surface area contributed by atoms with Gasteiger partial charge in [-0.2, -0.15) is 0 Å². The molecule has 0 atom stereocenters. The average molecular weight is 279 g/mol. The first-order valence-electron chi connectivity index (χ1n) is 6.67. The highest BCUT2D eigenvalue weighted by Gasteiger charge is 2.52. The lowest BCUT2D eigenvalue weighted by Gasteiger charge is -2.58. The van der Waals surface area contributed by atoms with Crippen LogP contribution in [0.5, 0.6) is 11.5 Å². The molecule has 1 aromatic heterocycles. The lowest BCUT2D eigenvalue weighted by atomic mass is 9.81. The molecule has 1 aliphatic heterocycles. The Bertz CT molecular complexity index is 648. The van der Waals surface area contributed by atoms with Gasteiger partial charge >= 0.3 is 0 Å². The number of aromatic nitrogens is 1. The predicted molar refractivity (Wildman–Crippen MR) is 71.5 cm³/mol. The van der Waals surface area contributed by atoms with Crippen LogP contribution in [0.3, 0.4) is 0 Å². The third kappa shape index (κ3) is 1.29. The number of fused-ring (bicyclic) bond motifs is 1. The molecule has 3 rings (SSSR count). The molecule has 1 saturated carbocycles. The number of nitrogens with zero attached hydrogens (tertiary/aromatic N) is 3. The van der Waals surface area contributed by atoms with Crippen LogP contribution in [0.1, 0.15) is 36.7 Å². The Morgan fingerprint density at radius 2 is 1.95 bits per heavy atom. The van der Waals surface area contributed by atoms with E-state index in [1.807, 2.05) is 11.9 Å². The summed E-state index contributed by atoms with van der Waals surface area (Å²) >= 11 is 0. The van der Waals surface area contributed by atoms with Gasteiger partial charge in [-0.25, -0.2) is 0 Å². The fourth-order valence-electron chi connectivity index (χ4n) is 3.23. The molecule has 1 aliphatic carbocycles. The van der Waals surface area contributed by atoms with E-state index in [1.165, 1.54) is 10.9 Å². The van der Waals surface area contributed by atoms with E-state index in [0.29, 0.717) is 6.54 Å². The van der Waals surface area contributed by atoms with Crippen molar-refractivity contribution in [1.82, 2.24) is 9.58 Å². The molecule has 2 N–H and O–H groups in total. The Kier molecular flexibility index (Phi) is 2.51. The lowest BCUT2D eigenvalue weighted by molar-refractivity contribution is -0.00564. The van der Waals surface area contributed by atoms with Gasteiger partial charge in [0.1, 0.15) is 5.66 Å². The minimum atomic E-state index is -0.918. The highest BCUT2D eigenvalue weighted by molar-refractivity contribution is 5.97. The minimum absolute atomic E-state index is 0.0883. The summed E-state index contributed by atoms with van der Waals surface area (Å²) in [4.78, 5) is 25.9. The molecular weight excluding hydrogens is 262 g/mol. The van der Waals surface area contributed by atoms with Crippen molar-refractivity contribution < 1.29 is 15.0 Å². The van der Waals surface area contributed by atoms with E-state index in [1.54, 1.807) is 11.9 Å². The van der Waals surface area contributed by atoms with Gasteiger partial charge in [-0.15, -0.1) is 0 Å². The summed E-state index contributed by atoms with van der Waals surface area (Å²) in [6.07, 6.45) is 3.87. The minimum Gasteiger partial charge on any atom is -0.503 e. The van der Waals surface area contributed by atoms with Gasteiger partial charge in [0.15, 0.2) is 17.2 Å². The summed E-state index contributed by atoms with van der Waals surface area (Å²) in [6, 6.07) is 0. The van der Waals surface area contributed by atoms with Crippen LogP contribution in [0, 0.1) is 0 Å².